The van der Waals surface area contributed by atoms with Gasteiger partial charge >= 0.3 is 0 Å². The summed E-state index contributed by atoms with van der Waals surface area (Å²) in [6.07, 6.45) is 12.3. The second-order valence-electron chi connectivity index (χ2n) is 9.25. The molecular formula is C26H33N5. The van der Waals surface area contributed by atoms with E-state index >= 15 is 0 Å². The highest BCUT2D eigenvalue weighted by molar-refractivity contribution is 5.59. The lowest BCUT2D eigenvalue weighted by Gasteiger charge is -2.39. The molecule has 0 N–H and O–H groups in total. The molecule has 5 heteroatoms. The van der Waals surface area contributed by atoms with E-state index in [1.807, 2.05) is 12.3 Å². The summed E-state index contributed by atoms with van der Waals surface area (Å²) >= 11 is 0. The van der Waals surface area contributed by atoms with Crippen LogP contribution in [0.1, 0.15) is 66.8 Å². The molecule has 0 aliphatic carbocycles. The molecule has 2 aliphatic heterocycles. The van der Waals surface area contributed by atoms with Gasteiger partial charge in [0.05, 0.1) is 29.2 Å². The fraction of sp³-hybridized carbons (Fsp3) is 0.462. The Hall–Kier alpha value is -2.50. The molecule has 0 radical (unpaired) electrons. The molecular weight excluding hydrogens is 382 g/mol. The molecule has 2 atom stereocenters. The number of rotatable bonds is 3. The normalized spacial score (nSPS) is 23.4. The minimum atomic E-state index is 0.304. The third-order valence-electron chi connectivity index (χ3n) is 7.19. The molecule has 0 amide bonds. The zero-order chi connectivity index (χ0) is 21.4. The zero-order valence-corrected chi connectivity index (χ0v) is 19.0. The van der Waals surface area contributed by atoms with Crippen molar-refractivity contribution < 1.29 is 0 Å². The number of imidazole rings is 1. The number of piperidine rings is 2. The van der Waals surface area contributed by atoms with Gasteiger partial charge in [0.2, 0.25) is 0 Å². The summed E-state index contributed by atoms with van der Waals surface area (Å²) in [6, 6.07) is 11.2. The van der Waals surface area contributed by atoms with E-state index in [4.69, 9.17) is 9.97 Å². The van der Waals surface area contributed by atoms with Crippen LogP contribution in [-0.4, -0.2) is 51.4 Å². The van der Waals surface area contributed by atoms with E-state index in [-0.39, 0.29) is 0 Å². The van der Waals surface area contributed by atoms with Crippen molar-refractivity contribution in [1.29, 1.82) is 0 Å². The van der Waals surface area contributed by atoms with Crippen molar-refractivity contribution in [3.8, 4) is 0 Å². The van der Waals surface area contributed by atoms with Crippen molar-refractivity contribution in [2.45, 2.75) is 51.1 Å². The summed E-state index contributed by atoms with van der Waals surface area (Å²) in [6.45, 7) is 4.46. The Kier molecular flexibility index (Phi) is 5.63. The van der Waals surface area contributed by atoms with Crippen LogP contribution in [0.5, 0.6) is 0 Å². The largest absolute Gasteiger partial charge is 0.306 e. The van der Waals surface area contributed by atoms with Crippen molar-refractivity contribution in [3.05, 3.63) is 70.9 Å². The van der Waals surface area contributed by atoms with E-state index < -0.39 is 0 Å². The van der Waals surface area contributed by atoms with Crippen LogP contribution in [-0.2, 0) is 0 Å². The van der Waals surface area contributed by atoms with Gasteiger partial charge in [-0.15, -0.1) is 0 Å². The standard InChI is InChI=1S/C26H33N5/c1-19-8-7-14-27-25(19)21-9-6-10-22(30(21)3)26-23(18-20-12-16-29(2)17-13-20)31-15-5-4-11-24(31)28-26/h4-5,7-8,11,14-15,18,21-22H,6,9-10,12-13,16-17H2,1-3H3/t21-,22+/m0/s1. The zero-order valence-electron chi connectivity index (χ0n) is 19.0. The molecule has 2 saturated heterocycles. The molecule has 2 aliphatic rings. The smallest absolute Gasteiger partial charge is 0.137 e. The van der Waals surface area contributed by atoms with Gasteiger partial charge in [0.25, 0.3) is 0 Å². The van der Waals surface area contributed by atoms with Gasteiger partial charge in [0.1, 0.15) is 5.65 Å². The van der Waals surface area contributed by atoms with E-state index in [1.54, 1.807) is 5.57 Å². The number of hydrogen-bond acceptors (Lipinski definition) is 4. The molecule has 162 valence electrons. The molecule has 5 nitrogen and oxygen atoms in total. The fourth-order valence-electron chi connectivity index (χ4n) is 5.30. The maximum Gasteiger partial charge on any atom is 0.137 e. The Labute approximate surface area is 185 Å². The average molecular weight is 416 g/mol. The van der Waals surface area contributed by atoms with Gasteiger partial charge in [-0.25, -0.2) is 4.98 Å². The van der Waals surface area contributed by atoms with Crippen molar-refractivity contribution in [1.82, 2.24) is 24.2 Å². The number of likely N-dealkylation sites (tertiary alicyclic amines) is 2. The highest BCUT2D eigenvalue weighted by atomic mass is 15.2. The Balaban J connectivity index is 1.55. The van der Waals surface area contributed by atoms with Gasteiger partial charge in [-0.1, -0.05) is 17.7 Å². The quantitative estimate of drug-likeness (QED) is 0.600. The Morgan fingerprint density at radius 3 is 2.52 bits per heavy atom. The van der Waals surface area contributed by atoms with Crippen molar-refractivity contribution in [3.63, 3.8) is 0 Å². The lowest BCUT2D eigenvalue weighted by atomic mass is 9.90. The summed E-state index contributed by atoms with van der Waals surface area (Å²) in [4.78, 5) is 14.9. The minimum Gasteiger partial charge on any atom is -0.306 e. The highest BCUT2D eigenvalue weighted by Gasteiger charge is 2.34. The number of pyridine rings is 2. The first-order chi connectivity index (χ1) is 15.1. The number of nitrogens with zero attached hydrogens (tertiary/aromatic N) is 5. The molecule has 3 aromatic rings. The maximum absolute atomic E-state index is 5.16. The lowest BCUT2D eigenvalue weighted by molar-refractivity contribution is 0.109. The lowest BCUT2D eigenvalue weighted by Crippen LogP contribution is -2.34. The second-order valence-corrected chi connectivity index (χ2v) is 9.25. The molecule has 31 heavy (non-hydrogen) atoms. The van der Waals surface area contributed by atoms with Crippen LogP contribution < -0.4 is 0 Å². The monoisotopic (exact) mass is 415 g/mol. The first kappa shape index (κ1) is 20.4. The molecule has 0 spiro atoms. The van der Waals surface area contributed by atoms with Crippen LogP contribution in [0, 0.1) is 6.92 Å². The topological polar surface area (TPSA) is 36.7 Å². The molecule has 5 heterocycles. The van der Waals surface area contributed by atoms with E-state index in [9.17, 15) is 0 Å². The summed E-state index contributed by atoms with van der Waals surface area (Å²) in [5, 5.41) is 0. The van der Waals surface area contributed by atoms with E-state index in [1.165, 1.54) is 29.1 Å². The molecule has 0 aromatic carbocycles. The van der Waals surface area contributed by atoms with Crippen molar-refractivity contribution in [2.75, 3.05) is 27.2 Å². The van der Waals surface area contributed by atoms with E-state index in [0.29, 0.717) is 12.1 Å². The van der Waals surface area contributed by atoms with Crippen LogP contribution >= 0.6 is 0 Å². The molecule has 5 rings (SSSR count). The predicted molar refractivity (Wildman–Crippen MR) is 126 cm³/mol. The van der Waals surface area contributed by atoms with Crippen molar-refractivity contribution in [2.24, 2.45) is 0 Å². The Morgan fingerprint density at radius 1 is 0.968 bits per heavy atom. The second kappa shape index (κ2) is 8.56. The summed E-state index contributed by atoms with van der Waals surface area (Å²) in [5.74, 6) is 0. The number of aromatic nitrogens is 3. The van der Waals surface area contributed by atoms with Gasteiger partial charge in [0, 0.05) is 25.5 Å². The maximum atomic E-state index is 5.16. The first-order valence-electron chi connectivity index (χ1n) is 11.6. The predicted octanol–water partition coefficient (Wildman–Crippen LogP) is 5.04. The van der Waals surface area contributed by atoms with E-state index in [2.05, 4.69) is 71.8 Å². The molecule has 0 bridgehead atoms. The molecule has 2 fully saturated rings. The highest BCUT2D eigenvalue weighted by Crippen LogP contribution is 2.41. The SMILES string of the molecule is Cc1cccnc1[C@@H]1CCC[C@H](c2nc3ccccn3c2C=C2CCN(C)CC2)N1C. The fourth-order valence-corrected chi connectivity index (χ4v) is 5.30. The van der Waals surface area contributed by atoms with Crippen LogP contribution in [0.15, 0.2) is 48.3 Å². The summed E-state index contributed by atoms with van der Waals surface area (Å²) in [5.41, 5.74) is 7.57. The van der Waals surface area contributed by atoms with Crippen LogP contribution in [0.3, 0.4) is 0 Å². The van der Waals surface area contributed by atoms with Gasteiger partial charge in [-0.2, -0.15) is 0 Å². The summed E-state index contributed by atoms with van der Waals surface area (Å²) in [7, 11) is 4.48. The van der Waals surface area contributed by atoms with Crippen molar-refractivity contribution >= 4 is 11.7 Å². The number of hydrogen-bond donors (Lipinski definition) is 0. The Morgan fingerprint density at radius 2 is 1.74 bits per heavy atom. The average Bonchev–Trinajstić information content (AvgIpc) is 3.14. The van der Waals surface area contributed by atoms with Gasteiger partial charge in [-0.3, -0.25) is 14.3 Å². The summed E-state index contributed by atoms with van der Waals surface area (Å²) < 4.78 is 2.28. The van der Waals surface area contributed by atoms with Gasteiger partial charge in [-0.05, 0) is 83.0 Å². The van der Waals surface area contributed by atoms with Gasteiger partial charge in [0.15, 0.2) is 0 Å². The van der Waals surface area contributed by atoms with Crippen LogP contribution in [0.4, 0.5) is 0 Å². The number of aryl methyl sites for hydroxylation is 1. The van der Waals surface area contributed by atoms with Gasteiger partial charge < -0.3 is 4.90 Å². The third-order valence-corrected chi connectivity index (χ3v) is 7.19. The minimum absolute atomic E-state index is 0.304. The Bertz CT molecular complexity index is 1090. The first-order valence-corrected chi connectivity index (χ1v) is 11.6. The molecule has 0 saturated carbocycles. The van der Waals surface area contributed by atoms with Crippen LogP contribution in [0.2, 0.25) is 0 Å². The third kappa shape index (κ3) is 3.92. The van der Waals surface area contributed by atoms with Crippen LogP contribution in [0.25, 0.3) is 11.7 Å². The number of fused-ring (bicyclic) bond motifs is 1. The van der Waals surface area contributed by atoms with E-state index in [0.717, 1.165) is 44.4 Å². The molecule has 3 aromatic heterocycles. The molecule has 0 unspecified atom stereocenters.